The van der Waals surface area contributed by atoms with Gasteiger partial charge in [-0.1, -0.05) is 12.1 Å². The van der Waals surface area contributed by atoms with Gasteiger partial charge in [0.15, 0.2) is 5.69 Å². The molecule has 0 fully saturated rings. The molecule has 1 aromatic heterocycles. The van der Waals surface area contributed by atoms with Crippen LogP contribution >= 0.6 is 0 Å². The lowest BCUT2D eigenvalue weighted by atomic mass is 10.2. The highest BCUT2D eigenvalue weighted by molar-refractivity contribution is 5.14. The summed E-state index contributed by atoms with van der Waals surface area (Å²) in [7, 11) is 1.43. The van der Waals surface area contributed by atoms with Crippen molar-refractivity contribution in [2.75, 3.05) is 13.7 Å². The van der Waals surface area contributed by atoms with Crippen molar-refractivity contribution in [3.63, 3.8) is 0 Å². The molecule has 5 nitrogen and oxygen atoms in total. The van der Waals surface area contributed by atoms with Crippen molar-refractivity contribution in [2.24, 2.45) is 5.73 Å². The van der Waals surface area contributed by atoms with Gasteiger partial charge in [0.1, 0.15) is 5.69 Å². The van der Waals surface area contributed by atoms with E-state index >= 15 is 0 Å². The number of nitrogens with zero attached hydrogens (tertiary/aromatic N) is 3. The highest BCUT2D eigenvalue weighted by Crippen LogP contribution is 2.33. The number of nitrogens with two attached hydrogens (primary N) is 1. The fourth-order valence-electron chi connectivity index (χ4n) is 1.57. The van der Waals surface area contributed by atoms with Crippen LogP contribution in [0.1, 0.15) is 30.8 Å². The second-order valence-corrected chi connectivity index (χ2v) is 3.55. The van der Waals surface area contributed by atoms with Crippen LogP contribution in [0.5, 0.6) is 0 Å². The maximum absolute atomic E-state index is 12.9. The number of rotatable bonds is 5. The van der Waals surface area contributed by atoms with Gasteiger partial charge in [0.05, 0.1) is 12.6 Å². The Morgan fingerprint density at radius 3 is 2.53 bits per heavy atom. The molecular weight excluding hydrogens is 237 g/mol. The monoisotopic (exact) mass is 252 g/mol. The van der Waals surface area contributed by atoms with Crippen molar-refractivity contribution in [1.82, 2.24) is 15.0 Å². The predicted molar refractivity (Wildman–Crippen MR) is 54.1 cm³/mol. The average Bonchev–Trinajstić information content (AvgIpc) is 2.68. The Kier molecular flexibility index (Phi) is 4.47. The molecule has 1 heterocycles. The van der Waals surface area contributed by atoms with Crippen LogP contribution in [0, 0.1) is 0 Å². The summed E-state index contributed by atoms with van der Waals surface area (Å²) >= 11 is 0. The highest BCUT2D eigenvalue weighted by Gasteiger charge is 2.40. The number of methoxy groups -OCH3 is 1. The predicted octanol–water partition coefficient (Wildman–Crippen LogP) is 1.35. The fourth-order valence-corrected chi connectivity index (χ4v) is 1.57. The van der Waals surface area contributed by atoms with E-state index in [0.717, 1.165) is 4.68 Å². The van der Waals surface area contributed by atoms with Crippen LogP contribution < -0.4 is 5.73 Å². The van der Waals surface area contributed by atoms with Gasteiger partial charge in [-0.15, -0.1) is 5.10 Å². The highest BCUT2D eigenvalue weighted by atomic mass is 19.4. The standard InChI is InChI=1S/C9H15F3N4O/c1-3-6(5-17-2)16-8(9(10,11)12)7(4-13)14-15-16/h6H,3-5,13H2,1-2H3. The Bertz CT molecular complexity index is 364. The minimum Gasteiger partial charge on any atom is -0.382 e. The molecule has 0 saturated heterocycles. The van der Waals surface area contributed by atoms with Crippen LogP contribution in [0.2, 0.25) is 0 Å². The first-order chi connectivity index (χ1) is 7.95. The normalized spacial score (nSPS) is 14.0. The molecule has 0 aliphatic rings. The first kappa shape index (κ1) is 13.9. The minimum atomic E-state index is -4.51. The smallest absolute Gasteiger partial charge is 0.382 e. The van der Waals surface area contributed by atoms with E-state index in [-0.39, 0.29) is 18.8 Å². The van der Waals surface area contributed by atoms with Crippen LogP contribution in [0.3, 0.4) is 0 Å². The summed E-state index contributed by atoms with van der Waals surface area (Å²) in [6, 6.07) is -0.496. The van der Waals surface area contributed by atoms with E-state index < -0.39 is 17.9 Å². The minimum absolute atomic E-state index is 0.146. The lowest BCUT2D eigenvalue weighted by molar-refractivity contribution is -0.146. The number of hydrogen-bond donors (Lipinski definition) is 1. The zero-order chi connectivity index (χ0) is 13.1. The molecule has 0 radical (unpaired) electrons. The molecular formula is C9H15F3N4O. The van der Waals surface area contributed by atoms with Crippen molar-refractivity contribution in [2.45, 2.75) is 32.1 Å². The molecule has 0 saturated carbocycles. The zero-order valence-electron chi connectivity index (χ0n) is 9.66. The maximum atomic E-state index is 12.9. The third-order valence-electron chi connectivity index (χ3n) is 2.40. The molecule has 0 aliphatic carbocycles. The van der Waals surface area contributed by atoms with Gasteiger partial charge in [0.25, 0.3) is 0 Å². The summed E-state index contributed by atoms with van der Waals surface area (Å²) in [5, 5.41) is 6.99. The molecule has 8 heteroatoms. The van der Waals surface area contributed by atoms with E-state index in [9.17, 15) is 13.2 Å². The van der Waals surface area contributed by atoms with E-state index in [1.807, 2.05) is 0 Å². The largest absolute Gasteiger partial charge is 0.434 e. The van der Waals surface area contributed by atoms with Gasteiger partial charge in [-0.25, -0.2) is 4.68 Å². The Morgan fingerprint density at radius 1 is 1.47 bits per heavy atom. The molecule has 0 aliphatic heterocycles. The zero-order valence-corrected chi connectivity index (χ0v) is 9.66. The van der Waals surface area contributed by atoms with E-state index in [0.29, 0.717) is 6.42 Å². The SMILES string of the molecule is CCC(COC)n1nnc(CN)c1C(F)(F)F. The van der Waals surface area contributed by atoms with E-state index in [1.165, 1.54) is 7.11 Å². The van der Waals surface area contributed by atoms with Crippen LogP contribution in [0.4, 0.5) is 13.2 Å². The van der Waals surface area contributed by atoms with Gasteiger partial charge in [0, 0.05) is 13.7 Å². The van der Waals surface area contributed by atoms with Crippen LogP contribution in [-0.4, -0.2) is 28.7 Å². The Labute approximate surface area is 96.7 Å². The molecule has 0 aromatic carbocycles. The van der Waals surface area contributed by atoms with Crippen LogP contribution in [0.15, 0.2) is 0 Å². The lowest BCUT2D eigenvalue weighted by Gasteiger charge is -2.18. The van der Waals surface area contributed by atoms with Crippen LogP contribution in [0.25, 0.3) is 0 Å². The topological polar surface area (TPSA) is 66.0 Å². The molecule has 1 atom stereocenters. The van der Waals surface area contributed by atoms with Crippen molar-refractivity contribution in [3.05, 3.63) is 11.4 Å². The molecule has 1 rings (SSSR count). The Hall–Kier alpha value is -1.15. The average molecular weight is 252 g/mol. The van der Waals surface area contributed by atoms with Gasteiger partial charge < -0.3 is 10.5 Å². The van der Waals surface area contributed by atoms with Gasteiger partial charge >= 0.3 is 6.18 Å². The number of aromatic nitrogens is 3. The van der Waals surface area contributed by atoms with Crippen molar-refractivity contribution < 1.29 is 17.9 Å². The third kappa shape index (κ3) is 2.95. The van der Waals surface area contributed by atoms with Crippen molar-refractivity contribution in [1.29, 1.82) is 0 Å². The van der Waals surface area contributed by atoms with Gasteiger partial charge in [-0.3, -0.25) is 0 Å². The Morgan fingerprint density at radius 2 is 2.12 bits per heavy atom. The number of hydrogen-bond acceptors (Lipinski definition) is 4. The molecule has 2 N–H and O–H groups in total. The maximum Gasteiger partial charge on any atom is 0.434 e. The van der Waals surface area contributed by atoms with Gasteiger partial charge in [-0.2, -0.15) is 13.2 Å². The molecule has 17 heavy (non-hydrogen) atoms. The lowest BCUT2D eigenvalue weighted by Crippen LogP contribution is -2.23. The van der Waals surface area contributed by atoms with E-state index in [2.05, 4.69) is 10.3 Å². The molecule has 1 aromatic rings. The number of halogens is 3. The molecule has 0 amide bonds. The van der Waals surface area contributed by atoms with Crippen molar-refractivity contribution >= 4 is 0 Å². The van der Waals surface area contributed by atoms with Crippen LogP contribution in [-0.2, 0) is 17.5 Å². The van der Waals surface area contributed by atoms with Gasteiger partial charge in [-0.05, 0) is 6.42 Å². The van der Waals surface area contributed by atoms with Crippen molar-refractivity contribution in [3.8, 4) is 0 Å². The fraction of sp³-hybridized carbons (Fsp3) is 0.778. The summed E-state index contributed by atoms with van der Waals surface area (Å²) in [6.07, 6.45) is -4.05. The molecule has 98 valence electrons. The third-order valence-corrected chi connectivity index (χ3v) is 2.40. The summed E-state index contributed by atoms with van der Waals surface area (Å²) in [5.74, 6) is 0. The molecule has 1 unspecified atom stereocenters. The molecule has 0 bridgehead atoms. The summed E-state index contributed by atoms with van der Waals surface area (Å²) in [4.78, 5) is 0. The Balaban J connectivity index is 3.19. The first-order valence-corrected chi connectivity index (χ1v) is 5.15. The second-order valence-electron chi connectivity index (χ2n) is 3.55. The summed E-state index contributed by atoms with van der Waals surface area (Å²) in [6.45, 7) is 1.61. The first-order valence-electron chi connectivity index (χ1n) is 5.15. The quantitative estimate of drug-likeness (QED) is 0.859. The van der Waals surface area contributed by atoms with Gasteiger partial charge in [0.2, 0.25) is 0 Å². The second kappa shape index (κ2) is 5.46. The summed E-state index contributed by atoms with van der Waals surface area (Å²) in [5.41, 5.74) is 4.10. The number of ether oxygens (including phenoxy) is 1. The number of alkyl halides is 3. The van der Waals surface area contributed by atoms with E-state index in [1.54, 1.807) is 6.92 Å². The molecule has 0 spiro atoms. The van der Waals surface area contributed by atoms with E-state index in [4.69, 9.17) is 10.5 Å². The summed E-state index contributed by atoms with van der Waals surface area (Å²) < 4.78 is 44.3.